The van der Waals surface area contributed by atoms with E-state index in [-0.39, 0.29) is 0 Å². The van der Waals surface area contributed by atoms with Crippen molar-refractivity contribution in [3.63, 3.8) is 0 Å². The molecule has 2 heteroatoms. The Morgan fingerprint density at radius 1 is 0.759 bits per heavy atom. The van der Waals surface area contributed by atoms with E-state index in [9.17, 15) is 0 Å². The second kappa shape index (κ2) is 9.40. The third-order valence-electron chi connectivity index (χ3n) is 5.27. The quantitative estimate of drug-likeness (QED) is 0.314. The molecule has 4 rings (SSSR count). The Hall–Kier alpha value is -3.10. The van der Waals surface area contributed by atoms with Crippen molar-refractivity contribution in [3.8, 4) is 16.8 Å². The molecule has 1 aromatic heterocycles. The average molecular weight is 382 g/mol. The molecule has 0 N–H and O–H groups in total. The van der Waals surface area contributed by atoms with Gasteiger partial charge in [0.25, 0.3) is 0 Å². The molecule has 2 nitrogen and oxygen atoms in total. The molecule has 0 radical (unpaired) electrons. The SMILES string of the molecule is Cc1c(-c2ccccc2)c(CCCOCc2ccccc2)cn1-c1ccccc1. The summed E-state index contributed by atoms with van der Waals surface area (Å²) in [7, 11) is 0. The molecule has 0 saturated heterocycles. The van der Waals surface area contributed by atoms with Gasteiger partial charge in [0.05, 0.1) is 6.61 Å². The normalized spacial score (nSPS) is 10.9. The number of para-hydroxylation sites is 1. The molecule has 0 saturated carbocycles. The lowest BCUT2D eigenvalue weighted by atomic mass is 9.99. The van der Waals surface area contributed by atoms with Gasteiger partial charge < -0.3 is 9.30 Å². The fraction of sp³-hybridized carbons (Fsp3) is 0.185. The van der Waals surface area contributed by atoms with E-state index in [1.165, 1.54) is 33.6 Å². The zero-order chi connectivity index (χ0) is 19.9. The maximum atomic E-state index is 5.90. The molecular weight excluding hydrogens is 354 g/mol. The molecule has 29 heavy (non-hydrogen) atoms. The highest BCUT2D eigenvalue weighted by atomic mass is 16.5. The van der Waals surface area contributed by atoms with Crippen LogP contribution < -0.4 is 0 Å². The topological polar surface area (TPSA) is 14.2 Å². The number of benzene rings is 3. The number of hydrogen-bond acceptors (Lipinski definition) is 1. The lowest BCUT2D eigenvalue weighted by molar-refractivity contribution is 0.119. The largest absolute Gasteiger partial charge is 0.377 e. The summed E-state index contributed by atoms with van der Waals surface area (Å²) in [5, 5.41) is 0. The van der Waals surface area contributed by atoms with Crippen molar-refractivity contribution >= 4 is 0 Å². The van der Waals surface area contributed by atoms with Crippen LogP contribution in [0.5, 0.6) is 0 Å². The van der Waals surface area contributed by atoms with Crippen LogP contribution in [0.15, 0.2) is 97.2 Å². The summed E-state index contributed by atoms with van der Waals surface area (Å²) in [5.74, 6) is 0. The number of nitrogens with zero attached hydrogens (tertiary/aromatic N) is 1. The minimum Gasteiger partial charge on any atom is -0.377 e. The third-order valence-corrected chi connectivity index (χ3v) is 5.27. The molecule has 1 heterocycles. The van der Waals surface area contributed by atoms with Crippen LogP contribution in [0.1, 0.15) is 23.2 Å². The first-order valence-electron chi connectivity index (χ1n) is 10.3. The highest BCUT2D eigenvalue weighted by molar-refractivity contribution is 5.71. The van der Waals surface area contributed by atoms with E-state index >= 15 is 0 Å². The Balaban J connectivity index is 1.50. The van der Waals surface area contributed by atoms with Crippen LogP contribution in [0.2, 0.25) is 0 Å². The van der Waals surface area contributed by atoms with Crippen molar-refractivity contribution < 1.29 is 4.74 Å². The summed E-state index contributed by atoms with van der Waals surface area (Å²) < 4.78 is 8.21. The van der Waals surface area contributed by atoms with Crippen molar-refractivity contribution in [1.82, 2.24) is 4.57 Å². The van der Waals surface area contributed by atoms with Crippen molar-refractivity contribution in [2.45, 2.75) is 26.4 Å². The molecule has 146 valence electrons. The van der Waals surface area contributed by atoms with E-state index in [0.717, 1.165) is 19.4 Å². The standard InChI is InChI=1S/C27H27NO/c1-22-27(24-14-7-3-8-15-24)25(20-28(22)26-17-9-4-10-18-26)16-11-19-29-21-23-12-5-2-6-13-23/h2-10,12-15,17-18,20H,11,16,19,21H2,1H3. The summed E-state index contributed by atoms with van der Waals surface area (Å²) in [4.78, 5) is 0. The van der Waals surface area contributed by atoms with E-state index in [0.29, 0.717) is 6.61 Å². The van der Waals surface area contributed by atoms with Gasteiger partial charge in [-0.25, -0.2) is 0 Å². The summed E-state index contributed by atoms with van der Waals surface area (Å²) in [6.45, 7) is 3.65. The van der Waals surface area contributed by atoms with Crippen molar-refractivity contribution in [1.29, 1.82) is 0 Å². The predicted octanol–water partition coefficient (Wildman–Crippen LogP) is 6.60. The van der Waals surface area contributed by atoms with Gasteiger partial charge in [0.15, 0.2) is 0 Å². The van der Waals surface area contributed by atoms with Crippen molar-refractivity contribution in [3.05, 3.63) is 114 Å². The minimum absolute atomic E-state index is 0.677. The van der Waals surface area contributed by atoms with Gasteiger partial charge in [0.2, 0.25) is 0 Å². The molecule has 0 aliphatic carbocycles. The lowest BCUT2D eigenvalue weighted by Crippen LogP contribution is -1.98. The third kappa shape index (κ3) is 4.67. The number of ether oxygens (including phenoxy) is 1. The molecule has 0 bridgehead atoms. The van der Waals surface area contributed by atoms with Gasteiger partial charge in [-0.2, -0.15) is 0 Å². The number of rotatable bonds is 8. The first-order chi connectivity index (χ1) is 14.3. The fourth-order valence-corrected chi connectivity index (χ4v) is 3.84. The predicted molar refractivity (Wildman–Crippen MR) is 120 cm³/mol. The number of hydrogen-bond donors (Lipinski definition) is 0. The molecule has 0 atom stereocenters. The first-order valence-corrected chi connectivity index (χ1v) is 10.3. The Labute approximate surface area is 173 Å². The van der Waals surface area contributed by atoms with Gasteiger partial charge in [0.1, 0.15) is 0 Å². The van der Waals surface area contributed by atoms with E-state index < -0.39 is 0 Å². The molecule has 0 unspecified atom stereocenters. The summed E-state index contributed by atoms with van der Waals surface area (Å²) in [5.41, 5.74) is 7.71. The van der Waals surface area contributed by atoms with Crippen molar-refractivity contribution in [2.75, 3.05) is 6.61 Å². The van der Waals surface area contributed by atoms with E-state index in [1.54, 1.807) is 0 Å². The molecule has 3 aromatic carbocycles. The Bertz CT molecular complexity index is 1020. The fourth-order valence-electron chi connectivity index (χ4n) is 3.84. The molecule has 0 fully saturated rings. The van der Waals surface area contributed by atoms with Gasteiger partial charge in [-0.05, 0) is 48.6 Å². The van der Waals surface area contributed by atoms with Gasteiger partial charge in [0, 0.05) is 29.7 Å². The summed E-state index contributed by atoms with van der Waals surface area (Å²) in [6, 6.07) is 31.6. The highest BCUT2D eigenvalue weighted by Gasteiger charge is 2.15. The van der Waals surface area contributed by atoms with Crippen LogP contribution in [0, 0.1) is 6.92 Å². The maximum Gasteiger partial charge on any atom is 0.0716 e. The van der Waals surface area contributed by atoms with Crippen LogP contribution in [-0.2, 0) is 17.8 Å². The van der Waals surface area contributed by atoms with Gasteiger partial charge >= 0.3 is 0 Å². The summed E-state index contributed by atoms with van der Waals surface area (Å²) >= 11 is 0. The Kier molecular flexibility index (Phi) is 6.23. The maximum absolute atomic E-state index is 5.90. The van der Waals surface area contributed by atoms with Crippen LogP contribution >= 0.6 is 0 Å². The zero-order valence-electron chi connectivity index (χ0n) is 16.9. The number of aryl methyl sites for hydroxylation is 1. The van der Waals surface area contributed by atoms with Crippen LogP contribution in [0.4, 0.5) is 0 Å². The van der Waals surface area contributed by atoms with Crippen LogP contribution in [0.25, 0.3) is 16.8 Å². The van der Waals surface area contributed by atoms with Gasteiger partial charge in [-0.1, -0.05) is 78.9 Å². The second-order valence-electron chi connectivity index (χ2n) is 7.33. The van der Waals surface area contributed by atoms with E-state index in [2.05, 4.69) is 103 Å². The molecule has 4 aromatic rings. The molecule has 0 amide bonds. The van der Waals surface area contributed by atoms with Gasteiger partial charge in [-0.3, -0.25) is 0 Å². The van der Waals surface area contributed by atoms with E-state index in [1.807, 2.05) is 6.07 Å². The number of aromatic nitrogens is 1. The Morgan fingerprint density at radius 2 is 1.38 bits per heavy atom. The van der Waals surface area contributed by atoms with Crippen molar-refractivity contribution in [2.24, 2.45) is 0 Å². The Morgan fingerprint density at radius 3 is 2.07 bits per heavy atom. The summed E-state index contributed by atoms with van der Waals surface area (Å²) in [6.07, 6.45) is 4.30. The molecule has 0 aliphatic heterocycles. The molecular formula is C27H27NO. The smallest absolute Gasteiger partial charge is 0.0716 e. The molecule has 0 aliphatic rings. The molecule has 0 spiro atoms. The highest BCUT2D eigenvalue weighted by Crippen LogP contribution is 2.32. The minimum atomic E-state index is 0.677. The van der Waals surface area contributed by atoms with Crippen LogP contribution in [0.3, 0.4) is 0 Å². The zero-order valence-corrected chi connectivity index (χ0v) is 16.9. The van der Waals surface area contributed by atoms with Gasteiger partial charge in [-0.15, -0.1) is 0 Å². The van der Waals surface area contributed by atoms with E-state index in [4.69, 9.17) is 4.74 Å². The average Bonchev–Trinajstić information content (AvgIpc) is 3.11. The lowest BCUT2D eigenvalue weighted by Gasteiger charge is -2.08. The second-order valence-corrected chi connectivity index (χ2v) is 7.33. The monoisotopic (exact) mass is 381 g/mol. The first kappa shape index (κ1) is 19.2. The van der Waals surface area contributed by atoms with Crippen LogP contribution in [-0.4, -0.2) is 11.2 Å².